The normalized spacial score (nSPS) is 11.1. The van der Waals surface area contributed by atoms with E-state index in [0.717, 1.165) is 11.1 Å². The number of carbonyl (C=O) groups is 1. The zero-order valence-corrected chi connectivity index (χ0v) is 16.3. The highest BCUT2D eigenvalue weighted by Gasteiger charge is 2.21. The molecule has 0 radical (unpaired) electrons. The summed E-state index contributed by atoms with van der Waals surface area (Å²) < 4.78 is 20.4. The number of fused-ring (bicyclic) bond motifs is 1. The van der Waals surface area contributed by atoms with Crippen LogP contribution >= 0.6 is 22.9 Å². The van der Waals surface area contributed by atoms with Crippen LogP contribution in [0, 0.1) is 12.7 Å². The first kappa shape index (κ1) is 18.5. The third kappa shape index (κ3) is 3.61. The first-order valence-corrected chi connectivity index (χ1v) is 9.65. The molecule has 142 valence electrons. The number of H-pyrrole nitrogens is 1. The van der Waals surface area contributed by atoms with Crippen molar-refractivity contribution in [1.29, 1.82) is 0 Å². The minimum Gasteiger partial charge on any atom is -0.484 e. The van der Waals surface area contributed by atoms with Crippen LogP contribution in [-0.2, 0) is 13.0 Å². The standard InChI is InChI=1S/C19H14ClFN4O2S/c1-10-13-4-11(6-22-19(13)25-24-10)5-15(26)17-14(20)2-3-16(18(17)21)27-7-12-8-28-9-23-12/h2-4,6,8-9H,5,7H2,1H3,(H,22,24,25). The van der Waals surface area contributed by atoms with Crippen LogP contribution in [0.4, 0.5) is 4.39 Å². The fraction of sp³-hybridized carbons (Fsp3) is 0.158. The van der Waals surface area contributed by atoms with Crippen molar-refractivity contribution >= 4 is 39.8 Å². The van der Waals surface area contributed by atoms with Gasteiger partial charge in [-0.3, -0.25) is 9.89 Å². The number of halogens is 2. The molecule has 1 N–H and O–H groups in total. The first-order chi connectivity index (χ1) is 13.5. The van der Waals surface area contributed by atoms with Crippen molar-refractivity contribution in [3.05, 3.63) is 68.6 Å². The number of nitrogens with one attached hydrogen (secondary N) is 1. The highest BCUT2D eigenvalue weighted by Crippen LogP contribution is 2.29. The molecule has 0 atom stereocenters. The maximum atomic E-state index is 14.9. The van der Waals surface area contributed by atoms with Gasteiger partial charge in [-0.1, -0.05) is 11.6 Å². The van der Waals surface area contributed by atoms with E-state index < -0.39 is 11.6 Å². The van der Waals surface area contributed by atoms with Crippen LogP contribution in [-0.4, -0.2) is 25.9 Å². The van der Waals surface area contributed by atoms with E-state index >= 15 is 0 Å². The second-order valence-electron chi connectivity index (χ2n) is 6.17. The third-order valence-electron chi connectivity index (χ3n) is 4.22. The van der Waals surface area contributed by atoms with Gasteiger partial charge in [0.1, 0.15) is 6.61 Å². The summed E-state index contributed by atoms with van der Waals surface area (Å²) in [6.07, 6.45) is 1.51. The average molecular weight is 417 g/mol. The number of nitrogens with zero attached hydrogens (tertiary/aromatic N) is 3. The number of carbonyl (C=O) groups excluding carboxylic acids is 1. The molecule has 3 heterocycles. The van der Waals surface area contributed by atoms with Gasteiger partial charge in [-0.15, -0.1) is 11.3 Å². The van der Waals surface area contributed by atoms with E-state index in [1.54, 1.807) is 17.1 Å². The molecule has 9 heteroatoms. The van der Waals surface area contributed by atoms with Crippen LogP contribution in [0.2, 0.25) is 5.02 Å². The Hall–Kier alpha value is -2.84. The number of aryl methyl sites for hydroxylation is 1. The topological polar surface area (TPSA) is 80.8 Å². The van der Waals surface area contributed by atoms with Gasteiger partial charge in [0.25, 0.3) is 0 Å². The Morgan fingerprint density at radius 1 is 1.36 bits per heavy atom. The molecule has 4 aromatic rings. The number of Topliss-reactive ketones (excluding diaryl/α,β-unsaturated/α-hetero) is 1. The molecule has 0 unspecified atom stereocenters. The van der Waals surface area contributed by atoms with Crippen molar-refractivity contribution in [1.82, 2.24) is 20.2 Å². The Labute approximate surface area is 168 Å². The Morgan fingerprint density at radius 2 is 2.21 bits per heavy atom. The maximum Gasteiger partial charge on any atom is 0.181 e. The van der Waals surface area contributed by atoms with Gasteiger partial charge in [-0.2, -0.15) is 5.10 Å². The van der Waals surface area contributed by atoms with E-state index in [2.05, 4.69) is 20.2 Å². The predicted octanol–water partition coefficient (Wildman–Crippen LogP) is 4.52. The molecular formula is C19H14ClFN4O2S. The van der Waals surface area contributed by atoms with Crippen LogP contribution in [0.15, 0.2) is 35.3 Å². The van der Waals surface area contributed by atoms with Crippen molar-refractivity contribution in [2.24, 2.45) is 0 Å². The van der Waals surface area contributed by atoms with Gasteiger partial charge in [0.05, 0.1) is 21.8 Å². The van der Waals surface area contributed by atoms with E-state index in [-0.39, 0.29) is 29.4 Å². The molecule has 0 saturated carbocycles. The van der Waals surface area contributed by atoms with Gasteiger partial charge in [0, 0.05) is 29.1 Å². The zero-order valence-electron chi connectivity index (χ0n) is 14.7. The van der Waals surface area contributed by atoms with Crippen molar-refractivity contribution in [3.8, 4) is 5.75 Å². The molecule has 0 spiro atoms. The van der Waals surface area contributed by atoms with Gasteiger partial charge in [-0.05, 0) is 30.7 Å². The lowest BCUT2D eigenvalue weighted by Crippen LogP contribution is -2.09. The second kappa shape index (κ2) is 7.65. The SMILES string of the molecule is Cc1[nH]nc2ncc(CC(=O)c3c(Cl)ccc(OCc4cscn4)c3F)cc12. The smallest absolute Gasteiger partial charge is 0.181 e. The summed E-state index contributed by atoms with van der Waals surface area (Å²) in [5.41, 5.74) is 4.21. The van der Waals surface area contributed by atoms with E-state index in [1.807, 2.05) is 13.0 Å². The summed E-state index contributed by atoms with van der Waals surface area (Å²) in [7, 11) is 0. The minimum atomic E-state index is -0.777. The molecule has 4 rings (SSSR count). The molecule has 0 aliphatic carbocycles. The molecule has 0 aliphatic heterocycles. The molecule has 0 bridgehead atoms. The van der Waals surface area contributed by atoms with E-state index in [0.29, 0.717) is 16.9 Å². The van der Waals surface area contributed by atoms with Gasteiger partial charge >= 0.3 is 0 Å². The number of ether oxygens (including phenoxy) is 1. The number of rotatable bonds is 6. The maximum absolute atomic E-state index is 14.9. The molecule has 28 heavy (non-hydrogen) atoms. The lowest BCUT2D eigenvalue weighted by Gasteiger charge is -2.11. The summed E-state index contributed by atoms with van der Waals surface area (Å²) in [6.45, 7) is 1.97. The Balaban J connectivity index is 1.58. The molecule has 0 fully saturated rings. The molecule has 0 amide bonds. The number of hydrogen-bond acceptors (Lipinski definition) is 6. The van der Waals surface area contributed by atoms with E-state index in [9.17, 15) is 9.18 Å². The number of benzene rings is 1. The molecule has 0 saturated heterocycles. The van der Waals surface area contributed by atoms with Crippen LogP contribution in [0.5, 0.6) is 5.75 Å². The fourth-order valence-electron chi connectivity index (χ4n) is 2.79. The number of ketones is 1. The second-order valence-corrected chi connectivity index (χ2v) is 7.29. The molecule has 3 aromatic heterocycles. The lowest BCUT2D eigenvalue weighted by atomic mass is 10.0. The van der Waals surface area contributed by atoms with Gasteiger partial charge in [0.15, 0.2) is 23.0 Å². The highest BCUT2D eigenvalue weighted by atomic mass is 35.5. The minimum absolute atomic E-state index is 0.0389. The monoisotopic (exact) mass is 416 g/mol. The molecular weight excluding hydrogens is 403 g/mol. The Kier molecular flexibility index (Phi) is 5.06. The van der Waals surface area contributed by atoms with Crippen molar-refractivity contribution < 1.29 is 13.9 Å². The number of pyridine rings is 1. The summed E-state index contributed by atoms with van der Waals surface area (Å²) in [4.78, 5) is 21.1. The number of aromatic nitrogens is 4. The number of aromatic amines is 1. The number of hydrogen-bond donors (Lipinski definition) is 1. The van der Waals surface area contributed by atoms with Crippen LogP contribution in [0.3, 0.4) is 0 Å². The number of thiazole rings is 1. The van der Waals surface area contributed by atoms with Gasteiger partial charge in [0.2, 0.25) is 0 Å². The van der Waals surface area contributed by atoms with Crippen LogP contribution < -0.4 is 4.74 Å². The summed E-state index contributed by atoms with van der Waals surface area (Å²) in [5.74, 6) is -1.27. The zero-order chi connectivity index (χ0) is 19.7. The molecule has 1 aromatic carbocycles. The fourth-order valence-corrected chi connectivity index (χ4v) is 3.59. The van der Waals surface area contributed by atoms with Gasteiger partial charge in [-0.25, -0.2) is 14.4 Å². The molecule has 6 nitrogen and oxygen atoms in total. The Morgan fingerprint density at radius 3 is 3.00 bits per heavy atom. The summed E-state index contributed by atoms with van der Waals surface area (Å²) in [6, 6.07) is 4.67. The van der Waals surface area contributed by atoms with Crippen LogP contribution in [0.1, 0.15) is 27.3 Å². The molecule has 0 aliphatic rings. The van der Waals surface area contributed by atoms with Crippen molar-refractivity contribution in [3.63, 3.8) is 0 Å². The quantitative estimate of drug-likeness (QED) is 0.467. The van der Waals surface area contributed by atoms with Crippen molar-refractivity contribution in [2.45, 2.75) is 20.0 Å². The van der Waals surface area contributed by atoms with Crippen LogP contribution in [0.25, 0.3) is 11.0 Å². The summed E-state index contributed by atoms with van der Waals surface area (Å²) in [5, 5.41) is 9.56. The van der Waals surface area contributed by atoms with E-state index in [1.165, 1.54) is 23.5 Å². The van der Waals surface area contributed by atoms with Crippen molar-refractivity contribution in [2.75, 3.05) is 0 Å². The van der Waals surface area contributed by atoms with E-state index in [4.69, 9.17) is 16.3 Å². The largest absolute Gasteiger partial charge is 0.484 e. The highest BCUT2D eigenvalue weighted by molar-refractivity contribution is 7.07. The first-order valence-electron chi connectivity index (χ1n) is 8.33. The third-order valence-corrected chi connectivity index (χ3v) is 5.17. The van der Waals surface area contributed by atoms with Gasteiger partial charge < -0.3 is 4.74 Å². The summed E-state index contributed by atoms with van der Waals surface area (Å²) >= 11 is 7.53. The Bertz CT molecular complexity index is 1160. The predicted molar refractivity (Wildman–Crippen MR) is 105 cm³/mol. The lowest BCUT2D eigenvalue weighted by molar-refractivity contribution is 0.0988. The average Bonchev–Trinajstić information content (AvgIpc) is 3.31.